The summed E-state index contributed by atoms with van der Waals surface area (Å²) in [6.07, 6.45) is 9.72. The van der Waals surface area contributed by atoms with Gasteiger partial charge >= 0.3 is 0 Å². The fourth-order valence-electron chi connectivity index (χ4n) is 2.48. The van der Waals surface area contributed by atoms with Crippen LogP contribution in [0.2, 0.25) is 0 Å². The number of hydrogen-bond donors (Lipinski definition) is 1. The zero-order valence-corrected chi connectivity index (χ0v) is 13.8. The summed E-state index contributed by atoms with van der Waals surface area (Å²) in [4.78, 5) is 4.54. The van der Waals surface area contributed by atoms with Crippen molar-refractivity contribution in [2.75, 3.05) is 5.32 Å². The van der Waals surface area contributed by atoms with Crippen LogP contribution in [0.4, 0.5) is 11.4 Å². The normalized spacial score (nSPS) is 16.0. The molecule has 3 heteroatoms. The Labute approximate surface area is 144 Å². The van der Waals surface area contributed by atoms with E-state index in [1.54, 1.807) is 0 Å². The quantitative estimate of drug-likeness (QED) is 0.694. The molecule has 1 aliphatic carbocycles. The molecule has 0 aliphatic heterocycles. The number of benzene rings is 2. The second-order valence-electron chi connectivity index (χ2n) is 5.40. The lowest BCUT2D eigenvalue weighted by Crippen LogP contribution is -1.98. The second kappa shape index (κ2) is 8.96. The summed E-state index contributed by atoms with van der Waals surface area (Å²) < 4.78 is 0. The third-order valence-corrected chi connectivity index (χ3v) is 3.64. The van der Waals surface area contributed by atoms with Gasteiger partial charge in [0.1, 0.15) is 0 Å². The van der Waals surface area contributed by atoms with E-state index in [0.29, 0.717) is 0 Å². The molecule has 0 spiro atoms. The summed E-state index contributed by atoms with van der Waals surface area (Å²) in [6, 6.07) is 20.3. The average molecular weight is 325 g/mol. The number of anilines is 1. The van der Waals surface area contributed by atoms with E-state index in [9.17, 15) is 0 Å². The molecular formula is C20H21ClN2. The van der Waals surface area contributed by atoms with Gasteiger partial charge in [0.05, 0.1) is 5.69 Å². The van der Waals surface area contributed by atoms with Crippen molar-refractivity contribution in [1.29, 1.82) is 0 Å². The number of allylic oxidation sites excluding steroid dienone is 3. The Kier molecular flexibility index (Phi) is 6.64. The van der Waals surface area contributed by atoms with Gasteiger partial charge in [0, 0.05) is 18.1 Å². The van der Waals surface area contributed by atoms with Crippen LogP contribution in [0.5, 0.6) is 0 Å². The minimum Gasteiger partial charge on any atom is -0.361 e. The maximum absolute atomic E-state index is 4.54. The first-order valence-electron chi connectivity index (χ1n) is 7.70. The molecule has 0 amide bonds. The van der Waals surface area contributed by atoms with Crippen LogP contribution < -0.4 is 5.32 Å². The third kappa shape index (κ3) is 5.42. The van der Waals surface area contributed by atoms with E-state index in [4.69, 9.17) is 0 Å². The molecule has 0 unspecified atom stereocenters. The van der Waals surface area contributed by atoms with Crippen LogP contribution in [-0.4, -0.2) is 6.21 Å². The molecule has 3 rings (SSSR count). The van der Waals surface area contributed by atoms with Gasteiger partial charge in [0.2, 0.25) is 0 Å². The molecule has 0 saturated heterocycles. The summed E-state index contributed by atoms with van der Waals surface area (Å²) in [5.41, 5.74) is 4.73. The van der Waals surface area contributed by atoms with Crippen molar-refractivity contribution in [2.45, 2.75) is 19.3 Å². The van der Waals surface area contributed by atoms with E-state index < -0.39 is 0 Å². The standard InChI is InChI=1S/C20H20N2.ClH/c1-3-10-19(11-4-1)21-15-17-8-7-9-18(14-17)16-22-20-12-5-2-6-13-20;/h1-6,10-16,21H,7-9H2;1H. The van der Waals surface area contributed by atoms with E-state index in [1.165, 1.54) is 17.6 Å². The predicted molar refractivity (Wildman–Crippen MR) is 102 cm³/mol. The van der Waals surface area contributed by atoms with Crippen LogP contribution in [0.1, 0.15) is 19.3 Å². The fraction of sp³-hybridized carbons (Fsp3) is 0.150. The van der Waals surface area contributed by atoms with Gasteiger partial charge in [-0.2, -0.15) is 0 Å². The van der Waals surface area contributed by atoms with Crippen LogP contribution in [-0.2, 0) is 0 Å². The molecule has 2 nitrogen and oxygen atoms in total. The minimum absolute atomic E-state index is 0. The Morgan fingerprint density at radius 1 is 0.870 bits per heavy atom. The zero-order chi connectivity index (χ0) is 15.0. The lowest BCUT2D eigenvalue weighted by atomic mass is 9.96. The third-order valence-electron chi connectivity index (χ3n) is 3.64. The molecule has 118 valence electrons. The molecule has 0 atom stereocenters. The highest BCUT2D eigenvalue weighted by Gasteiger charge is 2.05. The summed E-state index contributed by atoms with van der Waals surface area (Å²) in [6.45, 7) is 0. The molecule has 1 N–H and O–H groups in total. The van der Waals surface area contributed by atoms with Gasteiger partial charge in [0.25, 0.3) is 0 Å². The SMILES string of the molecule is C(=Nc1ccccc1)C1=CC(=CNc2ccccc2)CCC1.Cl. The number of para-hydroxylation sites is 2. The zero-order valence-electron chi connectivity index (χ0n) is 13.0. The van der Waals surface area contributed by atoms with Gasteiger partial charge in [-0.1, -0.05) is 42.5 Å². The number of hydrogen-bond acceptors (Lipinski definition) is 2. The summed E-state index contributed by atoms with van der Waals surface area (Å²) in [5, 5.41) is 3.36. The minimum atomic E-state index is 0. The fourth-order valence-corrected chi connectivity index (χ4v) is 2.48. The highest BCUT2D eigenvalue weighted by atomic mass is 35.5. The van der Waals surface area contributed by atoms with E-state index in [2.05, 4.69) is 34.7 Å². The molecule has 0 bridgehead atoms. The van der Waals surface area contributed by atoms with Crippen molar-refractivity contribution in [1.82, 2.24) is 0 Å². The van der Waals surface area contributed by atoms with Crippen molar-refractivity contribution in [3.05, 3.63) is 84.1 Å². The van der Waals surface area contributed by atoms with Gasteiger partial charge in [-0.05, 0) is 54.7 Å². The second-order valence-corrected chi connectivity index (χ2v) is 5.40. The largest absolute Gasteiger partial charge is 0.361 e. The van der Waals surface area contributed by atoms with Crippen molar-refractivity contribution in [2.24, 2.45) is 4.99 Å². The number of nitrogens with one attached hydrogen (secondary N) is 1. The molecule has 0 radical (unpaired) electrons. The van der Waals surface area contributed by atoms with Gasteiger partial charge in [0.15, 0.2) is 0 Å². The Morgan fingerprint density at radius 2 is 1.57 bits per heavy atom. The van der Waals surface area contributed by atoms with E-state index in [-0.39, 0.29) is 12.4 Å². The molecule has 0 heterocycles. The predicted octanol–water partition coefficient (Wildman–Crippen LogP) is 5.92. The van der Waals surface area contributed by atoms with Crippen molar-refractivity contribution >= 4 is 30.0 Å². The Balaban J connectivity index is 0.00000192. The van der Waals surface area contributed by atoms with Crippen LogP contribution in [0.3, 0.4) is 0 Å². The van der Waals surface area contributed by atoms with Crippen molar-refractivity contribution in [3.63, 3.8) is 0 Å². The number of nitrogens with zero attached hydrogens (tertiary/aromatic N) is 1. The molecular weight excluding hydrogens is 304 g/mol. The molecule has 0 fully saturated rings. The Bertz CT molecular complexity index is 688. The van der Waals surface area contributed by atoms with Crippen molar-refractivity contribution in [3.8, 4) is 0 Å². The summed E-state index contributed by atoms with van der Waals surface area (Å²) in [5.74, 6) is 0. The van der Waals surface area contributed by atoms with Crippen LogP contribution in [0.15, 0.2) is 89.1 Å². The summed E-state index contributed by atoms with van der Waals surface area (Å²) in [7, 11) is 0. The molecule has 2 aromatic carbocycles. The van der Waals surface area contributed by atoms with Gasteiger partial charge in [-0.15, -0.1) is 12.4 Å². The maximum Gasteiger partial charge on any atom is 0.0629 e. The smallest absolute Gasteiger partial charge is 0.0629 e. The first kappa shape index (κ1) is 17.0. The maximum atomic E-state index is 4.54. The monoisotopic (exact) mass is 324 g/mol. The number of rotatable bonds is 4. The molecule has 2 aromatic rings. The van der Waals surface area contributed by atoms with Crippen molar-refractivity contribution < 1.29 is 0 Å². The number of halogens is 1. The van der Waals surface area contributed by atoms with Crippen LogP contribution in [0.25, 0.3) is 0 Å². The molecule has 23 heavy (non-hydrogen) atoms. The molecule has 0 saturated carbocycles. The number of aliphatic imine (C=N–C) groups is 1. The van der Waals surface area contributed by atoms with Gasteiger partial charge in [-0.25, -0.2) is 0 Å². The van der Waals surface area contributed by atoms with E-state index in [0.717, 1.165) is 24.2 Å². The Hall–Kier alpha value is -2.32. The van der Waals surface area contributed by atoms with E-state index in [1.807, 2.05) is 54.7 Å². The molecule has 0 aromatic heterocycles. The highest BCUT2D eigenvalue weighted by molar-refractivity contribution is 5.85. The first-order chi connectivity index (χ1) is 10.9. The highest BCUT2D eigenvalue weighted by Crippen LogP contribution is 2.22. The lowest BCUT2D eigenvalue weighted by Gasteiger charge is -2.12. The van der Waals surface area contributed by atoms with Gasteiger partial charge < -0.3 is 5.32 Å². The Morgan fingerprint density at radius 3 is 2.30 bits per heavy atom. The van der Waals surface area contributed by atoms with Gasteiger partial charge in [-0.3, -0.25) is 4.99 Å². The lowest BCUT2D eigenvalue weighted by molar-refractivity contribution is 0.806. The van der Waals surface area contributed by atoms with Crippen LogP contribution >= 0.6 is 12.4 Å². The van der Waals surface area contributed by atoms with Crippen LogP contribution in [0, 0.1) is 0 Å². The van der Waals surface area contributed by atoms with E-state index >= 15 is 0 Å². The molecule has 1 aliphatic rings. The topological polar surface area (TPSA) is 24.4 Å². The average Bonchev–Trinajstić information content (AvgIpc) is 2.60. The summed E-state index contributed by atoms with van der Waals surface area (Å²) >= 11 is 0. The first-order valence-corrected chi connectivity index (χ1v) is 7.70.